The van der Waals surface area contributed by atoms with E-state index in [9.17, 15) is 19.2 Å². The molecule has 0 fully saturated rings. The Balaban J connectivity index is 1.62. The molecule has 0 aliphatic heterocycles. The Bertz CT molecular complexity index is 1030. The first kappa shape index (κ1) is 35.5. The van der Waals surface area contributed by atoms with Crippen molar-refractivity contribution in [1.29, 1.82) is 0 Å². The van der Waals surface area contributed by atoms with E-state index >= 15 is 0 Å². The van der Waals surface area contributed by atoms with Crippen LogP contribution in [0, 0.1) is 0 Å². The number of hydrogen-bond donors (Lipinski definition) is 2. The van der Waals surface area contributed by atoms with Gasteiger partial charge in [0.2, 0.25) is 11.8 Å². The zero-order valence-electron chi connectivity index (χ0n) is 26.8. The van der Waals surface area contributed by atoms with Gasteiger partial charge < -0.3 is 20.4 Å². The van der Waals surface area contributed by atoms with Crippen molar-refractivity contribution in [3.05, 3.63) is 59.7 Å². The molecule has 0 aliphatic rings. The fourth-order valence-corrected chi connectivity index (χ4v) is 5.02. The van der Waals surface area contributed by atoms with Crippen LogP contribution in [-0.2, 0) is 9.59 Å². The van der Waals surface area contributed by atoms with Crippen molar-refractivity contribution in [2.75, 3.05) is 36.8 Å². The Morgan fingerprint density at radius 2 is 0.791 bits per heavy atom. The van der Waals surface area contributed by atoms with Gasteiger partial charge in [-0.05, 0) is 87.1 Å². The van der Waals surface area contributed by atoms with Crippen molar-refractivity contribution in [2.45, 2.75) is 98.3 Å². The quantitative estimate of drug-likeness (QED) is 0.155. The van der Waals surface area contributed by atoms with E-state index in [1.807, 2.05) is 9.80 Å². The smallest absolute Gasteiger partial charge is 0.253 e. The lowest BCUT2D eigenvalue weighted by molar-refractivity contribution is -0.117. The van der Waals surface area contributed by atoms with Crippen LogP contribution in [0.15, 0.2) is 48.5 Å². The molecule has 8 nitrogen and oxygen atoms in total. The number of anilines is 2. The highest BCUT2D eigenvalue weighted by Gasteiger charge is 2.15. The predicted molar refractivity (Wildman–Crippen MR) is 175 cm³/mol. The molecule has 0 heterocycles. The second-order valence-corrected chi connectivity index (χ2v) is 11.1. The minimum absolute atomic E-state index is 0.0301. The highest BCUT2D eigenvalue weighted by Crippen LogP contribution is 2.16. The molecule has 0 atom stereocenters. The molecule has 0 saturated carbocycles. The van der Waals surface area contributed by atoms with Gasteiger partial charge in [-0.3, -0.25) is 19.2 Å². The van der Waals surface area contributed by atoms with Gasteiger partial charge in [0.25, 0.3) is 11.8 Å². The molecule has 2 N–H and O–H groups in total. The number of benzene rings is 2. The zero-order valence-corrected chi connectivity index (χ0v) is 26.8. The fraction of sp³-hybridized carbons (Fsp3) is 0.543. The summed E-state index contributed by atoms with van der Waals surface area (Å²) in [5, 5.41) is 5.83. The molecule has 2 aromatic carbocycles. The summed E-state index contributed by atoms with van der Waals surface area (Å²) in [5.41, 5.74) is 2.67. The first-order valence-electron chi connectivity index (χ1n) is 16.2. The summed E-state index contributed by atoms with van der Waals surface area (Å²) in [6.07, 6.45) is 8.97. The molecule has 0 saturated heterocycles. The molecule has 43 heavy (non-hydrogen) atoms. The van der Waals surface area contributed by atoms with Gasteiger partial charge >= 0.3 is 0 Å². The lowest BCUT2D eigenvalue weighted by Crippen LogP contribution is -2.32. The van der Waals surface area contributed by atoms with Gasteiger partial charge in [-0.15, -0.1) is 0 Å². The lowest BCUT2D eigenvalue weighted by Gasteiger charge is -2.21. The molecule has 0 radical (unpaired) electrons. The Morgan fingerprint density at radius 3 is 1.09 bits per heavy atom. The van der Waals surface area contributed by atoms with Crippen LogP contribution in [0.1, 0.15) is 119 Å². The maximum Gasteiger partial charge on any atom is 0.253 e. The van der Waals surface area contributed by atoms with Gasteiger partial charge in [-0.1, -0.05) is 47.0 Å². The van der Waals surface area contributed by atoms with Gasteiger partial charge in [-0.25, -0.2) is 0 Å². The van der Waals surface area contributed by atoms with E-state index in [1.165, 1.54) is 0 Å². The average molecular weight is 593 g/mol. The van der Waals surface area contributed by atoms with Crippen LogP contribution >= 0.6 is 0 Å². The van der Waals surface area contributed by atoms with Gasteiger partial charge in [0, 0.05) is 61.5 Å². The molecule has 8 heteroatoms. The molecular weight excluding hydrogens is 540 g/mol. The Labute approximate surface area is 258 Å². The highest BCUT2D eigenvalue weighted by atomic mass is 16.2. The Kier molecular flexibility index (Phi) is 16.7. The van der Waals surface area contributed by atoms with E-state index in [0.29, 0.717) is 35.3 Å². The van der Waals surface area contributed by atoms with E-state index in [-0.39, 0.29) is 23.6 Å². The van der Waals surface area contributed by atoms with Crippen molar-refractivity contribution in [2.24, 2.45) is 0 Å². The number of unbranched alkanes of at least 4 members (excludes halogenated alkanes) is 4. The highest BCUT2D eigenvalue weighted by molar-refractivity contribution is 5.96. The number of carbonyl (C=O) groups excluding carboxylic acids is 4. The lowest BCUT2D eigenvalue weighted by atomic mass is 10.1. The minimum Gasteiger partial charge on any atom is -0.339 e. The van der Waals surface area contributed by atoms with Gasteiger partial charge in [0.05, 0.1) is 0 Å². The topological polar surface area (TPSA) is 98.8 Å². The maximum atomic E-state index is 12.7. The number of nitrogens with one attached hydrogen (secondary N) is 2. The SMILES string of the molecule is CCCN(CCC)C(=O)c1ccc(NC(=O)CCCCCCCC(=O)Nc2ccc(C(=O)N(CCC)CCC)cc2)cc1. The first-order chi connectivity index (χ1) is 20.8. The molecule has 0 unspecified atom stereocenters. The van der Waals surface area contributed by atoms with Crippen molar-refractivity contribution in [3.63, 3.8) is 0 Å². The first-order valence-corrected chi connectivity index (χ1v) is 16.2. The number of hydrogen-bond acceptors (Lipinski definition) is 4. The Hall–Kier alpha value is -3.68. The third-order valence-corrected chi connectivity index (χ3v) is 7.19. The molecule has 4 amide bonds. The van der Waals surface area contributed by atoms with E-state index in [1.54, 1.807) is 48.5 Å². The fourth-order valence-electron chi connectivity index (χ4n) is 5.02. The third-order valence-electron chi connectivity index (χ3n) is 7.19. The van der Waals surface area contributed by atoms with Crippen LogP contribution in [0.3, 0.4) is 0 Å². The van der Waals surface area contributed by atoms with Gasteiger partial charge in [-0.2, -0.15) is 0 Å². The largest absolute Gasteiger partial charge is 0.339 e. The summed E-state index contributed by atoms with van der Waals surface area (Å²) in [6.45, 7) is 11.2. The molecule has 2 rings (SSSR count). The van der Waals surface area contributed by atoms with Crippen molar-refractivity contribution in [3.8, 4) is 0 Å². The normalized spacial score (nSPS) is 10.7. The van der Waals surface area contributed by atoms with Gasteiger partial charge in [0.1, 0.15) is 0 Å². The molecule has 0 bridgehead atoms. The molecule has 0 aromatic heterocycles. The standard InChI is InChI=1S/C35H52N4O4/c1-5-24-38(25-6-2)34(42)28-16-20-30(21-17-28)36-32(40)14-12-10-9-11-13-15-33(41)37-31-22-18-29(19-23-31)35(43)39(26-7-3)27-8-4/h16-23H,5-15,24-27H2,1-4H3,(H,36,40)(H,37,41). The van der Waals surface area contributed by atoms with E-state index in [2.05, 4.69) is 38.3 Å². The number of amides is 4. The number of nitrogens with zero attached hydrogens (tertiary/aromatic N) is 2. The minimum atomic E-state index is -0.0341. The zero-order chi connectivity index (χ0) is 31.5. The summed E-state index contributed by atoms with van der Waals surface area (Å²) in [6, 6.07) is 14.2. The second-order valence-electron chi connectivity index (χ2n) is 11.1. The van der Waals surface area contributed by atoms with Gasteiger partial charge in [0.15, 0.2) is 0 Å². The number of carbonyl (C=O) groups is 4. The van der Waals surface area contributed by atoms with E-state index in [0.717, 1.165) is 84.0 Å². The second kappa shape index (κ2) is 20.3. The Morgan fingerprint density at radius 1 is 0.488 bits per heavy atom. The molecular formula is C35H52N4O4. The van der Waals surface area contributed by atoms with Crippen LogP contribution in [0.4, 0.5) is 11.4 Å². The molecule has 2 aromatic rings. The van der Waals surface area contributed by atoms with E-state index in [4.69, 9.17) is 0 Å². The summed E-state index contributed by atoms with van der Waals surface area (Å²) in [4.78, 5) is 53.9. The molecule has 0 aliphatic carbocycles. The van der Waals surface area contributed by atoms with Crippen LogP contribution in [0.2, 0.25) is 0 Å². The summed E-state index contributed by atoms with van der Waals surface area (Å²) in [5.74, 6) is -0.00790. The van der Waals surface area contributed by atoms with Crippen LogP contribution in [0.25, 0.3) is 0 Å². The summed E-state index contributed by atoms with van der Waals surface area (Å²) < 4.78 is 0. The molecule has 0 spiro atoms. The van der Waals surface area contributed by atoms with Crippen LogP contribution < -0.4 is 10.6 Å². The third kappa shape index (κ3) is 13.0. The van der Waals surface area contributed by atoms with Crippen molar-refractivity contribution in [1.82, 2.24) is 9.80 Å². The predicted octanol–water partition coefficient (Wildman–Crippen LogP) is 7.52. The molecule has 236 valence electrons. The van der Waals surface area contributed by atoms with Crippen LogP contribution in [0.5, 0.6) is 0 Å². The van der Waals surface area contributed by atoms with Crippen molar-refractivity contribution >= 4 is 35.0 Å². The monoisotopic (exact) mass is 592 g/mol. The maximum absolute atomic E-state index is 12.7. The van der Waals surface area contributed by atoms with Crippen molar-refractivity contribution < 1.29 is 19.2 Å². The van der Waals surface area contributed by atoms with Crippen LogP contribution in [-0.4, -0.2) is 59.6 Å². The average Bonchev–Trinajstić information content (AvgIpc) is 3.00. The summed E-state index contributed by atoms with van der Waals surface area (Å²) in [7, 11) is 0. The summed E-state index contributed by atoms with van der Waals surface area (Å²) >= 11 is 0. The number of rotatable bonds is 20. The van der Waals surface area contributed by atoms with E-state index < -0.39 is 0 Å².